The van der Waals surface area contributed by atoms with Gasteiger partial charge in [-0.25, -0.2) is 0 Å². The Bertz CT molecular complexity index is 933. The number of non-ortho nitro benzene ring substituents is 1. The standard InChI is InChI=1S/C17H10I2N2O4/c1-25-17-11(6-13(18)8-15(17)19)5-12(9-20)16(22)10-3-2-4-14(7-10)21(23)24/h2-8H,1H3/b12-5+. The molecule has 0 N–H and O–H groups in total. The van der Waals surface area contributed by atoms with E-state index in [1.807, 2.05) is 12.1 Å². The number of allylic oxidation sites excluding steroid dienone is 1. The van der Waals surface area contributed by atoms with Crippen LogP contribution in [0.5, 0.6) is 5.75 Å². The number of rotatable bonds is 5. The van der Waals surface area contributed by atoms with Gasteiger partial charge in [-0.2, -0.15) is 5.26 Å². The fraction of sp³-hybridized carbons (Fsp3) is 0.0588. The zero-order chi connectivity index (χ0) is 18.6. The van der Waals surface area contributed by atoms with Gasteiger partial charge in [-0.05, 0) is 63.4 Å². The van der Waals surface area contributed by atoms with Crippen LogP contribution in [0, 0.1) is 28.6 Å². The minimum Gasteiger partial charge on any atom is -0.495 e. The van der Waals surface area contributed by atoms with Crippen molar-refractivity contribution in [3.63, 3.8) is 0 Å². The first-order valence-corrected chi connectivity index (χ1v) is 8.97. The average Bonchev–Trinajstić information content (AvgIpc) is 2.58. The number of nitrogens with zero attached hydrogens (tertiary/aromatic N) is 2. The Labute approximate surface area is 170 Å². The summed E-state index contributed by atoms with van der Waals surface area (Å²) in [5.41, 5.74) is 0.344. The van der Waals surface area contributed by atoms with E-state index < -0.39 is 10.7 Å². The Morgan fingerprint density at radius 3 is 2.64 bits per heavy atom. The van der Waals surface area contributed by atoms with Gasteiger partial charge in [0.2, 0.25) is 5.78 Å². The number of nitriles is 1. The quantitative estimate of drug-likeness (QED) is 0.133. The normalized spacial score (nSPS) is 10.9. The predicted molar refractivity (Wildman–Crippen MR) is 109 cm³/mol. The van der Waals surface area contributed by atoms with Gasteiger partial charge in [0.25, 0.3) is 5.69 Å². The Balaban J connectivity index is 2.52. The maximum atomic E-state index is 12.6. The Morgan fingerprint density at radius 2 is 2.04 bits per heavy atom. The molecule has 8 heteroatoms. The number of benzene rings is 2. The maximum Gasteiger partial charge on any atom is 0.270 e. The molecule has 0 fully saturated rings. The highest BCUT2D eigenvalue weighted by Crippen LogP contribution is 2.30. The fourth-order valence-electron chi connectivity index (χ4n) is 2.12. The minimum absolute atomic E-state index is 0.0845. The van der Waals surface area contributed by atoms with Gasteiger partial charge in [-0.15, -0.1) is 0 Å². The molecule has 25 heavy (non-hydrogen) atoms. The maximum absolute atomic E-state index is 12.6. The summed E-state index contributed by atoms with van der Waals surface area (Å²) < 4.78 is 7.12. The van der Waals surface area contributed by atoms with Gasteiger partial charge in [0.15, 0.2) is 0 Å². The van der Waals surface area contributed by atoms with Crippen molar-refractivity contribution in [2.75, 3.05) is 7.11 Å². The third kappa shape index (κ3) is 4.55. The number of nitro groups is 1. The van der Waals surface area contributed by atoms with E-state index in [1.165, 1.54) is 31.4 Å². The molecule has 2 rings (SSSR count). The van der Waals surface area contributed by atoms with E-state index in [9.17, 15) is 20.2 Å². The van der Waals surface area contributed by atoms with Crippen LogP contribution < -0.4 is 4.74 Å². The summed E-state index contributed by atoms with van der Waals surface area (Å²) in [6, 6.07) is 10.9. The highest BCUT2D eigenvalue weighted by atomic mass is 127. The van der Waals surface area contributed by atoms with Crippen molar-refractivity contribution in [3.8, 4) is 11.8 Å². The minimum atomic E-state index is -0.586. The van der Waals surface area contributed by atoms with E-state index >= 15 is 0 Å². The zero-order valence-corrected chi connectivity index (χ0v) is 17.1. The monoisotopic (exact) mass is 560 g/mol. The average molecular weight is 560 g/mol. The topological polar surface area (TPSA) is 93.2 Å². The van der Waals surface area contributed by atoms with E-state index in [1.54, 1.807) is 6.07 Å². The number of methoxy groups -OCH3 is 1. The van der Waals surface area contributed by atoms with E-state index in [0.29, 0.717) is 11.3 Å². The van der Waals surface area contributed by atoms with Crippen LogP contribution in [0.25, 0.3) is 6.08 Å². The first-order chi connectivity index (χ1) is 11.9. The van der Waals surface area contributed by atoms with E-state index in [0.717, 1.165) is 13.2 Å². The van der Waals surface area contributed by atoms with Crippen LogP contribution in [0.3, 0.4) is 0 Å². The molecule has 0 aliphatic carbocycles. The largest absolute Gasteiger partial charge is 0.495 e. The van der Waals surface area contributed by atoms with Crippen molar-refractivity contribution >= 4 is 62.7 Å². The summed E-state index contributed by atoms with van der Waals surface area (Å²) in [7, 11) is 1.51. The molecule has 0 aliphatic rings. The summed E-state index contributed by atoms with van der Waals surface area (Å²) >= 11 is 4.24. The van der Waals surface area contributed by atoms with Crippen LogP contribution in [0.1, 0.15) is 15.9 Å². The smallest absolute Gasteiger partial charge is 0.270 e. The summed E-state index contributed by atoms with van der Waals surface area (Å²) in [6.07, 6.45) is 1.43. The lowest BCUT2D eigenvalue weighted by Gasteiger charge is -2.09. The molecule has 0 amide bonds. The molecular weight excluding hydrogens is 550 g/mol. The summed E-state index contributed by atoms with van der Waals surface area (Å²) in [4.78, 5) is 22.8. The van der Waals surface area contributed by atoms with Gasteiger partial charge < -0.3 is 4.74 Å². The number of halogens is 2. The lowest BCUT2D eigenvalue weighted by atomic mass is 10.0. The van der Waals surface area contributed by atoms with Crippen LogP contribution in [-0.4, -0.2) is 17.8 Å². The summed E-state index contributed by atoms with van der Waals surface area (Å²) in [5.74, 6) is -0.0252. The van der Waals surface area contributed by atoms with E-state index in [4.69, 9.17) is 4.74 Å². The number of ketones is 1. The van der Waals surface area contributed by atoms with Crippen molar-refractivity contribution in [3.05, 3.63) is 70.4 Å². The van der Waals surface area contributed by atoms with Crippen LogP contribution >= 0.6 is 45.2 Å². The highest BCUT2D eigenvalue weighted by Gasteiger charge is 2.17. The van der Waals surface area contributed by atoms with Crippen LogP contribution in [-0.2, 0) is 0 Å². The van der Waals surface area contributed by atoms with Gasteiger partial charge in [0.05, 0.1) is 15.6 Å². The number of ether oxygens (including phenoxy) is 1. The second kappa shape index (κ2) is 8.39. The summed E-state index contributed by atoms with van der Waals surface area (Å²) in [5, 5.41) is 20.2. The Kier molecular flexibility index (Phi) is 6.49. The third-order valence-electron chi connectivity index (χ3n) is 3.23. The molecule has 2 aromatic carbocycles. The second-order valence-corrected chi connectivity index (χ2v) is 7.22. The predicted octanol–water partition coefficient (Wildman–Crippen LogP) is 4.60. The number of nitro benzene ring substituents is 1. The molecule has 0 aromatic heterocycles. The van der Waals surface area contributed by atoms with Crippen molar-refractivity contribution in [1.82, 2.24) is 0 Å². The van der Waals surface area contributed by atoms with E-state index in [-0.39, 0.29) is 16.8 Å². The number of carbonyl (C=O) groups is 1. The van der Waals surface area contributed by atoms with Gasteiger partial charge >= 0.3 is 0 Å². The molecule has 0 radical (unpaired) electrons. The molecular formula is C17H10I2N2O4. The van der Waals surface area contributed by atoms with Gasteiger partial charge in [0, 0.05) is 26.8 Å². The van der Waals surface area contributed by atoms with Gasteiger partial charge in [-0.1, -0.05) is 12.1 Å². The molecule has 0 bridgehead atoms. The third-order valence-corrected chi connectivity index (χ3v) is 4.65. The SMILES string of the molecule is COc1c(I)cc(I)cc1/C=C(\C#N)C(=O)c1cccc([N+](=O)[O-])c1. The first-order valence-electron chi connectivity index (χ1n) is 6.81. The van der Waals surface area contributed by atoms with Crippen molar-refractivity contribution in [1.29, 1.82) is 5.26 Å². The molecule has 6 nitrogen and oxygen atoms in total. The highest BCUT2D eigenvalue weighted by molar-refractivity contribution is 14.1. The number of hydrogen-bond donors (Lipinski definition) is 0. The van der Waals surface area contributed by atoms with Crippen LogP contribution in [0.2, 0.25) is 0 Å². The molecule has 126 valence electrons. The molecule has 0 heterocycles. The number of Topliss-reactive ketones (excluding diaryl/α,β-unsaturated/α-hetero) is 1. The van der Waals surface area contributed by atoms with Crippen molar-refractivity contribution in [2.45, 2.75) is 0 Å². The molecule has 2 aromatic rings. The lowest BCUT2D eigenvalue weighted by Crippen LogP contribution is -2.03. The zero-order valence-electron chi connectivity index (χ0n) is 12.8. The van der Waals surface area contributed by atoms with Crippen LogP contribution in [0.15, 0.2) is 42.0 Å². The van der Waals surface area contributed by atoms with Crippen molar-refractivity contribution < 1.29 is 14.5 Å². The molecule has 0 saturated carbocycles. The van der Waals surface area contributed by atoms with Gasteiger partial charge in [-0.3, -0.25) is 14.9 Å². The molecule has 0 atom stereocenters. The Morgan fingerprint density at radius 1 is 1.32 bits per heavy atom. The number of carbonyl (C=O) groups excluding carboxylic acids is 1. The van der Waals surface area contributed by atoms with Crippen LogP contribution in [0.4, 0.5) is 5.69 Å². The lowest BCUT2D eigenvalue weighted by molar-refractivity contribution is -0.384. The molecule has 0 unspecified atom stereocenters. The molecule has 0 spiro atoms. The Hall–Kier alpha value is -2.00. The summed E-state index contributed by atoms with van der Waals surface area (Å²) in [6.45, 7) is 0. The molecule has 0 saturated heterocycles. The van der Waals surface area contributed by atoms with Gasteiger partial charge in [0.1, 0.15) is 17.4 Å². The first kappa shape index (κ1) is 19.3. The second-order valence-electron chi connectivity index (χ2n) is 4.82. The fourth-order valence-corrected chi connectivity index (χ4v) is 4.23. The number of hydrogen-bond acceptors (Lipinski definition) is 5. The van der Waals surface area contributed by atoms with Crippen molar-refractivity contribution in [2.24, 2.45) is 0 Å². The van der Waals surface area contributed by atoms with E-state index in [2.05, 4.69) is 45.2 Å². The molecule has 0 aliphatic heterocycles.